The van der Waals surface area contributed by atoms with Crippen LogP contribution in [0.2, 0.25) is 0 Å². The summed E-state index contributed by atoms with van der Waals surface area (Å²) in [7, 11) is 0. The highest BCUT2D eigenvalue weighted by Gasteiger charge is 2.16. The van der Waals surface area contributed by atoms with Gasteiger partial charge < -0.3 is 10.6 Å². The van der Waals surface area contributed by atoms with E-state index in [-0.39, 0.29) is 0 Å². The van der Waals surface area contributed by atoms with E-state index in [1.165, 1.54) is 37.1 Å². The number of hydrogen-bond donors (Lipinski definition) is 2. The summed E-state index contributed by atoms with van der Waals surface area (Å²) in [5, 5.41) is 10.4. The fraction of sp³-hybridized carbons (Fsp3) is 0.471. The third kappa shape index (κ3) is 3.83. The zero-order valence-corrected chi connectivity index (χ0v) is 13.5. The second kappa shape index (κ2) is 6.58. The predicted octanol–water partition coefficient (Wildman–Crippen LogP) is 4.06. The molecule has 0 spiro atoms. The summed E-state index contributed by atoms with van der Waals surface area (Å²) in [6.07, 6.45) is 3.81. The number of aromatic nitrogens is 1. The molecule has 0 saturated carbocycles. The van der Waals surface area contributed by atoms with Gasteiger partial charge in [-0.2, -0.15) is 0 Å². The van der Waals surface area contributed by atoms with Gasteiger partial charge in [0.15, 0.2) is 0 Å². The minimum absolute atomic E-state index is 0.480. The Kier molecular flexibility index (Phi) is 4.56. The normalized spacial score (nSPS) is 19.6. The Bertz CT molecular complexity index is 587. The summed E-state index contributed by atoms with van der Waals surface area (Å²) < 4.78 is 0. The van der Waals surface area contributed by atoms with E-state index in [0.717, 1.165) is 10.7 Å². The lowest BCUT2D eigenvalue weighted by atomic mass is 10.1. The van der Waals surface area contributed by atoms with E-state index in [4.69, 9.17) is 0 Å². The lowest BCUT2D eigenvalue weighted by Gasteiger charge is -2.19. The third-order valence-electron chi connectivity index (χ3n) is 3.99. The number of rotatable bonds is 5. The Hall–Kier alpha value is -1.39. The van der Waals surface area contributed by atoms with Gasteiger partial charge in [-0.3, -0.25) is 0 Å². The van der Waals surface area contributed by atoms with Crippen molar-refractivity contribution in [3.63, 3.8) is 0 Å². The van der Waals surface area contributed by atoms with Crippen molar-refractivity contribution in [3.8, 4) is 11.3 Å². The number of aryl methyl sites for hydroxylation is 1. The number of anilines is 1. The van der Waals surface area contributed by atoms with Crippen molar-refractivity contribution < 1.29 is 0 Å². The van der Waals surface area contributed by atoms with Crippen LogP contribution in [0.25, 0.3) is 11.3 Å². The Morgan fingerprint density at radius 1 is 1.48 bits per heavy atom. The molecule has 1 fully saturated rings. The first kappa shape index (κ1) is 14.5. The maximum Gasteiger partial charge on any atom is 0.0901 e. The number of benzene rings is 1. The van der Waals surface area contributed by atoms with Gasteiger partial charge in [-0.1, -0.05) is 12.1 Å². The molecule has 21 heavy (non-hydrogen) atoms. The molecule has 112 valence electrons. The Labute approximate surface area is 130 Å². The zero-order chi connectivity index (χ0) is 14.7. The first-order valence-electron chi connectivity index (χ1n) is 7.73. The van der Waals surface area contributed by atoms with Crippen LogP contribution in [-0.4, -0.2) is 23.6 Å². The molecule has 1 aromatic heterocycles. The highest BCUT2D eigenvalue weighted by atomic mass is 32.1. The Morgan fingerprint density at radius 2 is 2.38 bits per heavy atom. The molecule has 1 aromatic carbocycles. The van der Waals surface area contributed by atoms with Crippen LogP contribution in [0.5, 0.6) is 0 Å². The van der Waals surface area contributed by atoms with Gasteiger partial charge in [-0.05, 0) is 51.8 Å². The molecule has 3 rings (SSSR count). The summed E-state index contributed by atoms with van der Waals surface area (Å²) in [5.74, 6) is 0. The minimum atomic E-state index is 0.480. The second-order valence-electron chi connectivity index (χ2n) is 5.91. The average molecular weight is 301 g/mol. The highest BCUT2D eigenvalue weighted by molar-refractivity contribution is 7.09. The fourth-order valence-corrected chi connectivity index (χ4v) is 3.61. The minimum Gasteiger partial charge on any atom is -0.383 e. The van der Waals surface area contributed by atoms with E-state index < -0.39 is 0 Å². The van der Waals surface area contributed by atoms with E-state index in [9.17, 15) is 0 Å². The molecule has 2 unspecified atom stereocenters. The molecule has 2 N–H and O–H groups in total. The molecule has 0 radical (unpaired) electrons. The van der Waals surface area contributed by atoms with Crippen LogP contribution < -0.4 is 10.6 Å². The van der Waals surface area contributed by atoms with Gasteiger partial charge in [-0.25, -0.2) is 4.98 Å². The lowest BCUT2D eigenvalue weighted by Crippen LogP contribution is -2.29. The Morgan fingerprint density at radius 3 is 3.10 bits per heavy atom. The van der Waals surface area contributed by atoms with Crippen LogP contribution in [0.1, 0.15) is 31.2 Å². The third-order valence-corrected chi connectivity index (χ3v) is 4.76. The van der Waals surface area contributed by atoms with Crippen LogP contribution in [0.15, 0.2) is 29.6 Å². The largest absolute Gasteiger partial charge is 0.383 e. The molecule has 1 aliphatic rings. The second-order valence-corrected chi connectivity index (χ2v) is 6.97. The van der Waals surface area contributed by atoms with Crippen molar-refractivity contribution >= 4 is 17.0 Å². The summed E-state index contributed by atoms with van der Waals surface area (Å²) in [6, 6.07) is 9.73. The van der Waals surface area contributed by atoms with Crippen LogP contribution in [0.3, 0.4) is 0 Å². The molecule has 4 heteroatoms. The molecular weight excluding hydrogens is 278 g/mol. The average Bonchev–Trinajstić information content (AvgIpc) is 3.10. The van der Waals surface area contributed by atoms with Gasteiger partial charge in [0.2, 0.25) is 0 Å². The van der Waals surface area contributed by atoms with E-state index in [1.807, 2.05) is 6.92 Å². The molecule has 3 nitrogen and oxygen atoms in total. The summed E-state index contributed by atoms with van der Waals surface area (Å²) in [5.41, 5.74) is 3.45. The van der Waals surface area contributed by atoms with E-state index in [0.29, 0.717) is 12.1 Å². The fourth-order valence-electron chi connectivity index (χ4n) is 2.99. The first-order chi connectivity index (χ1) is 10.2. The van der Waals surface area contributed by atoms with E-state index in [2.05, 4.69) is 52.2 Å². The topological polar surface area (TPSA) is 37.0 Å². The highest BCUT2D eigenvalue weighted by Crippen LogP contribution is 2.25. The maximum absolute atomic E-state index is 4.57. The number of nitrogens with one attached hydrogen (secondary N) is 2. The van der Waals surface area contributed by atoms with Crippen molar-refractivity contribution in [2.24, 2.45) is 0 Å². The van der Waals surface area contributed by atoms with Crippen LogP contribution in [0, 0.1) is 6.92 Å². The molecule has 0 amide bonds. The van der Waals surface area contributed by atoms with E-state index in [1.54, 1.807) is 11.3 Å². The van der Waals surface area contributed by atoms with Crippen molar-refractivity contribution in [2.75, 3.05) is 11.9 Å². The molecule has 2 atom stereocenters. The van der Waals surface area contributed by atoms with Gasteiger partial charge >= 0.3 is 0 Å². The number of nitrogens with zero attached hydrogens (tertiary/aromatic N) is 1. The van der Waals surface area contributed by atoms with Gasteiger partial charge in [-0.15, -0.1) is 11.3 Å². The van der Waals surface area contributed by atoms with Crippen LogP contribution in [-0.2, 0) is 0 Å². The molecule has 2 heterocycles. The Balaban J connectivity index is 1.65. The van der Waals surface area contributed by atoms with Gasteiger partial charge in [0.25, 0.3) is 0 Å². The summed E-state index contributed by atoms with van der Waals surface area (Å²) >= 11 is 1.70. The summed E-state index contributed by atoms with van der Waals surface area (Å²) in [4.78, 5) is 4.57. The van der Waals surface area contributed by atoms with Crippen LogP contribution >= 0.6 is 11.3 Å². The van der Waals surface area contributed by atoms with E-state index >= 15 is 0 Å². The molecule has 2 aromatic rings. The van der Waals surface area contributed by atoms with Crippen molar-refractivity contribution in [1.29, 1.82) is 0 Å². The number of thiazole rings is 1. The standard InChI is InChI=1S/C17H23N3S/c1-12(9-15-7-4-8-18-15)19-16-6-3-5-14(10-16)17-11-21-13(2)20-17/h3,5-6,10-12,15,18-19H,4,7-9H2,1-2H3. The summed E-state index contributed by atoms with van der Waals surface area (Å²) in [6.45, 7) is 5.49. The van der Waals surface area contributed by atoms with Crippen molar-refractivity contribution in [1.82, 2.24) is 10.3 Å². The van der Waals surface area contributed by atoms with Gasteiger partial charge in [0.05, 0.1) is 10.7 Å². The molecule has 0 bridgehead atoms. The van der Waals surface area contributed by atoms with Crippen molar-refractivity contribution in [3.05, 3.63) is 34.7 Å². The van der Waals surface area contributed by atoms with Gasteiger partial charge in [0.1, 0.15) is 0 Å². The number of hydrogen-bond acceptors (Lipinski definition) is 4. The van der Waals surface area contributed by atoms with Gasteiger partial charge in [0, 0.05) is 28.7 Å². The molecule has 1 saturated heterocycles. The molecular formula is C17H23N3S. The quantitative estimate of drug-likeness (QED) is 0.874. The first-order valence-corrected chi connectivity index (χ1v) is 8.61. The van der Waals surface area contributed by atoms with Crippen LogP contribution in [0.4, 0.5) is 5.69 Å². The molecule has 1 aliphatic heterocycles. The SMILES string of the molecule is Cc1nc(-c2cccc(NC(C)CC3CCCN3)c2)cs1. The molecule has 0 aliphatic carbocycles. The van der Waals surface area contributed by atoms with Crippen molar-refractivity contribution in [2.45, 2.75) is 45.2 Å². The lowest BCUT2D eigenvalue weighted by molar-refractivity contribution is 0.523. The maximum atomic E-state index is 4.57. The smallest absolute Gasteiger partial charge is 0.0901 e. The zero-order valence-electron chi connectivity index (χ0n) is 12.7. The predicted molar refractivity (Wildman–Crippen MR) is 91.0 cm³/mol. The monoisotopic (exact) mass is 301 g/mol.